The Morgan fingerprint density at radius 1 is 1.26 bits per heavy atom. The first-order valence-electron chi connectivity index (χ1n) is 11.7. The first kappa shape index (κ1) is 25.5. The summed E-state index contributed by atoms with van der Waals surface area (Å²) in [7, 11) is 0. The molecule has 0 aliphatic heterocycles. The number of halogens is 3. The summed E-state index contributed by atoms with van der Waals surface area (Å²) in [6, 6.07) is -1.02. The zero-order valence-electron chi connectivity index (χ0n) is 19.8. The number of alkyl halides is 3. The van der Waals surface area contributed by atoms with Crippen molar-refractivity contribution in [1.82, 2.24) is 0 Å². The molecule has 34 heavy (non-hydrogen) atoms. The number of hydrogen-bond acceptors (Lipinski definition) is 6. The molecule has 4 aliphatic rings. The van der Waals surface area contributed by atoms with Crippen molar-refractivity contribution in [1.29, 1.82) is 0 Å². The van der Waals surface area contributed by atoms with Crippen LogP contribution in [0.1, 0.15) is 53.4 Å². The number of rotatable bonds is 4. The lowest BCUT2D eigenvalue weighted by Gasteiger charge is -2.63. The van der Waals surface area contributed by atoms with Gasteiger partial charge in [-0.1, -0.05) is 26.8 Å². The highest BCUT2D eigenvalue weighted by atomic mass is 32.2. The summed E-state index contributed by atoms with van der Waals surface area (Å²) in [6.07, 6.45) is 0.160. The van der Waals surface area contributed by atoms with Gasteiger partial charge in [-0.2, -0.15) is 0 Å². The molecule has 2 unspecified atom stereocenters. The normalized spacial score (nSPS) is 47.4. The lowest BCUT2D eigenvalue weighted by atomic mass is 9.44. The van der Waals surface area contributed by atoms with Crippen molar-refractivity contribution >= 4 is 28.6 Å². The van der Waals surface area contributed by atoms with Crippen molar-refractivity contribution in [2.75, 3.05) is 6.01 Å². The van der Waals surface area contributed by atoms with E-state index in [4.69, 9.17) is 4.74 Å². The van der Waals surface area contributed by atoms with E-state index in [1.54, 1.807) is 20.8 Å². The highest BCUT2D eigenvalue weighted by molar-refractivity contribution is 8.13. The fraction of sp³-hybridized carbons (Fsp3) is 0.720. The molecule has 3 fully saturated rings. The minimum atomic E-state index is -2.30. The first-order valence-corrected chi connectivity index (χ1v) is 12.7. The predicted octanol–water partition coefficient (Wildman–Crippen LogP) is 4.43. The fourth-order valence-electron chi connectivity index (χ4n) is 7.63. The zero-order chi connectivity index (χ0) is 25.3. The molecule has 4 aliphatic carbocycles. The highest BCUT2D eigenvalue weighted by Crippen LogP contribution is 2.72. The Morgan fingerprint density at radius 2 is 1.94 bits per heavy atom. The minimum absolute atomic E-state index is 0.0141. The van der Waals surface area contributed by atoms with E-state index >= 15 is 8.78 Å². The number of esters is 1. The molecule has 9 heteroatoms. The zero-order valence-corrected chi connectivity index (χ0v) is 20.6. The van der Waals surface area contributed by atoms with Crippen LogP contribution in [0.3, 0.4) is 0 Å². The molecule has 1 N–H and O–H groups in total. The number of fused-ring (bicyclic) bond motifs is 5. The molecular formula is C25H31F3O5S. The SMILES string of the molecule is CCC(=O)O[C@]1(C(=O)SCF)C(C)C[C@H]2[C@@H]3C[C@H](F)C4=CC(=O)C=C[C@]4(C)[C@@]3(F)C(O)C[C@@]21C. The van der Waals surface area contributed by atoms with Crippen LogP contribution in [0.5, 0.6) is 0 Å². The van der Waals surface area contributed by atoms with Crippen molar-refractivity contribution in [3.8, 4) is 0 Å². The number of allylic oxidation sites excluding steroid dienone is 4. The molecule has 0 aromatic rings. The Morgan fingerprint density at radius 3 is 2.56 bits per heavy atom. The molecule has 3 saturated carbocycles. The molecule has 0 heterocycles. The summed E-state index contributed by atoms with van der Waals surface area (Å²) in [6.45, 7) is 6.45. The van der Waals surface area contributed by atoms with Gasteiger partial charge in [-0.05, 0) is 61.6 Å². The Kier molecular flexibility index (Phi) is 6.16. The number of hydrogen-bond donors (Lipinski definition) is 1. The second-order valence-electron chi connectivity index (χ2n) is 10.6. The minimum Gasteiger partial charge on any atom is -0.449 e. The van der Waals surface area contributed by atoms with Crippen molar-refractivity contribution in [3.05, 3.63) is 23.8 Å². The van der Waals surface area contributed by atoms with Crippen molar-refractivity contribution in [3.63, 3.8) is 0 Å². The maximum atomic E-state index is 17.2. The van der Waals surface area contributed by atoms with Gasteiger partial charge in [-0.25, -0.2) is 13.2 Å². The molecule has 0 aromatic heterocycles. The average molecular weight is 501 g/mol. The van der Waals surface area contributed by atoms with E-state index < -0.39 is 75.0 Å². The van der Waals surface area contributed by atoms with Gasteiger partial charge in [0.2, 0.25) is 5.12 Å². The van der Waals surface area contributed by atoms with Gasteiger partial charge < -0.3 is 9.84 Å². The lowest BCUT2D eigenvalue weighted by Crippen LogP contribution is -2.70. The Bertz CT molecular complexity index is 984. The predicted molar refractivity (Wildman–Crippen MR) is 121 cm³/mol. The summed E-state index contributed by atoms with van der Waals surface area (Å²) in [5.41, 5.74) is -6.84. The van der Waals surface area contributed by atoms with Crippen LogP contribution in [-0.2, 0) is 19.1 Å². The summed E-state index contributed by atoms with van der Waals surface area (Å²) in [4.78, 5) is 37.8. The van der Waals surface area contributed by atoms with E-state index in [2.05, 4.69) is 0 Å². The van der Waals surface area contributed by atoms with Gasteiger partial charge in [-0.15, -0.1) is 0 Å². The van der Waals surface area contributed by atoms with Gasteiger partial charge in [0.05, 0.1) is 6.10 Å². The van der Waals surface area contributed by atoms with Crippen LogP contribution in [0.2, 0.25) is 0 Å². The Labute approximate surface area is 201 Å². The van der Waals surface area contributed by atoms with Crippen molar-refractivity contribution in [2.45, 2.75) is 76.9 Å². The third-order valence-corrected chi connectivity index (χ3v) is 9.90. The molecule has 0 bridgehead atoms. The summed E-state index contributed by atoms with van der Waals surface area (Å²) >= 11 is 0.396. The van der Waals surface area contributed by atoms with Crippen LogP contribution < -0.4 is 0 Å². The largest absolute Gasteiger partial charge is 0.449 e. The third-order valence-electron chi connectivity index (χ3n) is 9.22. The van der Waals surface area contributed by atoms with Crippen LogP contribution >= 0.6 is 11.8 Å². The van der Waals surface area contributed by atoms with Crippen LogP contribution in [0.4, 0.5) is 13.2 Å². The molecule has 0 aromatic carbocycles. The van der Waals surface area contributed by atoms with E-state index in [1.807, 2.05) is 0 Å². The number of ketones is 1. The summed E-state index contributed by atoms with van der Waals surface area (Å²) in [5, 5.41) is 10.7. The number of carbonyl (C=O) groups excluding carboxylic acids is 3. The molecule has 188 valence electrons. The number of thioether (sulfide) groups is 1. The van der Waals surface area contributed by atoms with Gasteiger partial charge in [0.25, 0.3) is 0 Å². The van der Waals surface area contributed by atoms with Gasteiger partial charge in [0, 0.05) is 29.1 Å². The number of aliphatic hydroxyl groups is 1. The maximum absolute atomic E-state index is 17.2. The van der Waals surface area contributed by atoms with Crippen LogP contribution in [0.25, 0.3) is 0 Å². The van der Waals surface area contributed by atoms with Gasteiger partial charge >= 0.3 is 5.97 Å². The quantitative estimate of drug-likeness (QED) is 0.576. The Balaban J connectivity index is 1.87. The first-order chi connectivity index (χ1) is 15.8. The molecule has 0 amide bonds. The van der Waals surface area contributed by atoms with E-state index in [0.29, 0.717) is 11.8 Å². The van der Waals surface area contributed by atoms with Crippen molar-refractivity contribution < 1.29 is 37.4 Å². The number of carbonyl (C=O) groups is 3. The highest BCUT2D eigenvalue weighted by Gasteiger charge is 2.78. The second-order valence-corrected chi connectivity index (χ2v) is 11.5. The van der Waals surface area contributed by atoms with Crippen LogP contribution in [0.15, 0.2) is 23.8 Å². The van der Waals surface area contributed by atoms with E-state index in [-0.39, 0.29) is 31.3 Å². The van der Waals surface area contributed by atoms with E-state index in [0.717, 1.165) is 6.08 Å². The number of aliphatic hydroxyl groups excluding tert-OH is 1. The summed E-state index contributed by atoms with van der Waals surface area (Å²) in [5.74, 6) is -3.30. The van der Waals surface area contributed by atoms with E-state index in [1.165, 1.54) is 19.1 Å². The molecular weight excluding hydrogens is 469 g/mol. The van der Waals surface area contributed by atoms with Crippen molar-refractivity contribution in [2.24, 2.45) is 28.6 Å². The molecule has 0 saturated heterocycles. The molecule has 4 rings (SSSR count). The van der Waals surface area contributed by atoms with E-state index in [9.17, 15) is 23.9 Å². The third kappa shape index (κ3) is 3.01. The average Bonchev–Trinajstić information content (AvgIpc) is 2.99. The summed E-state index contributed by atoms with van der Waals surface area (Å²) < 4.78 is 51.8. The molecule has 0 spiro atoms. The monoisotopic (exact) mass is 500 g/mol. The standard InChI is InChI=1S/C25H31F3O5S/c1-5-20(31)33-25(21(32)34-12-26)13(2)8-15-16-10-18(27)17-9-14(29)6-7-22(17,3)24(16,28)19(30)11-23(15,25)4/h6-7,9,13,15-16,18-19,30H,5,8,10-12H2,1-4H3/t13?,15-,16-,18-,19?,22-,23-,24-,25-/m0/s1. The maximum Gasteiger partial charge on any atom is 0.306 e. The topological polar surface area (TPSA) is 80.7 Å². The number of ether oxygens (including phenoxy) is 1. The van der Waals surface area contributed by atoms with Gasteiger partial charge in [0.1, 0.15) is 12.2 Å². The Hall–Kier alpha value is -1.61. The molecule has 5 nitrogen and oxygen atoms in total. The molecule has 9 atom stereocenters. The van der Waals surface area contributed by atoms with Gasteiger partial charge in [-0.3, -0.25) is 14.4 Å². The smallest absolute Gasteiger partial charge is 0.306 e. The van der Waals surface area contributed by atoms with Crippen LogP contribution in [-0.4, -0.2) is 51.5 Å². The molecule has 0 radical (unpaired) electrons. The lowest BCUT2D eigenvalue weighted by molar-refractivity contribution is -0.228. The van der Waals surface area contributed by atoms with Gasteiger partial charge in [0.15, 0.2) is 17.1 Å². The van der Waals surface area contributed by atoms with Crippen LogP contribution in [0, 0.1) is 28.6 Å². The fourth-order valence-corrected chi connectivity index (χ4v) is 8.42. The second kappa shape index (κ2) is 8.22.